The highest BCUT2D eigenvalue weighted by Crippen LogP contribution is 2.16. The van der Waals surface area contributed by atoms with Crippen LogP contribution in [0, 0.1) is 0 Å². The zero-order valence-electron chi connectivity index (χ0n) is 6.80. The van der Waals surface area contributed by atoms with Crippen molar-refractivity contribution in [2.24, 2.45) is 0 Å². The number of rotatable bonds is 5. The van der Waals surface area contributed by atoms with Crippen molar-refractivity contribution in [1.29, 1.82) is 0 Å². The molecule has 2 atom stereocenters. The van der Waals surface area contributed by atoms with E-state index >= 15 is 0 Å². The van der Waals surface area contributed by atoms with E-state index < -0.39 is 0 Å². The van der Waals surface area contributed by atoms with E-state index in [0.717, 1.165) is 19.6 Å². The van der Waals surface area contributed by atoms with Crippen LogP contribution in [0.3, 0.4) is 0 Å². The zero-order chi connectivity index (χ0) is 7.40. The van der Waals surface area contributed by atoms with Crippen LogP contribution in [0.25, 0.3) is 0 Å². The predicted octanol–water partition coefficient (Wildman–Crippen LogP) is 1.59. The first-order chi connectivity index (χ1) is 4.84. The first-order valence-electron chi connectivity index (χ1n) is 4.07. The topological polar surface area (TPSA) is 21.8 Å². The third-order valence-corrected chi connectivity index (χ3v) is 1.76. The van der Waals surface area contributed by atoms with Gasteiger partial charge in [-0.25, -0.2) is 0 Å². The predicted molar refractivity (Wildman–Crippen MR) is 40.1 cm³/mol. The second-order valence-corrected chi connectivity index (χ2v) is 2.80. The molecule has 0 aromatic carbocycles. The Kier molecular flexibility index (Phi) is 3.16. The zero-order valence-corrected chi connectivity index (χ0v) is 6.80. The Morgan fingerprint density at radius 2 is 2.40 bits per heavy atom. The summed E-state index contributed by atoms with van der Waals surface area (Å²) in [5, 5.41) is 0. The monoisotopic (exact) mass is 144 g/mol. The molecule has 1 heterocycles. The van der Waals surface area contributed by atoms with Gasteiger partial charge < -0.3 is 9.47 Å². The lowest BCUT2D eigenvalue weighted by Crippen LogP contribution is -2.15. The van der Waals surface area contributed by atoms with E-state index in [4.69, 9.17) is 9.47 Å². The lowest BCUT2D eigenvalue weighted by Gasteiger charge is -2.08. The minimum atomic E-state index is 0.312. The minimum Gasteiger partial charge on any atom is -0.376 e. The molecule has 0 spiro atoms. The van der Waals surface area contributed by atoms with Crippen molar-refractivity contribution in [1.82, 2.24) is 0 Å². The van der Waals surface area contributed by atoms with E-state index in [1.54, 1.807) is 0 Å². The van der Waals surface area contributed by atoms with E-state index in [1.807, 2.05) is 0 Å². The van der Waals surface area contributed by atoms with Gasteiger partial charge in [-0.3, -0.25) is 0 Å². The Morgan fingerprint density at radius 3 is 2.90 bits per heavy atom. The van der Waals surface area contributed by atoms with Gasteiger partial charge in [-0.05, 0) is 13.3 Å². The smallest absolute Gasteiger partial charge is 0.107 e. The van der Waals surface area contributed by atoms with Gasteiger partial charge in [-0.2, -0.15) is 0 Å². The van der Waals surface area contributed by atoms with Gasteiger partial charge in [0.1, 0.15) is 6.10 Å². The van der Waals surface area contributed by atoms with Crippen LogP contribution in [-0.2, 0) is 9.47 Å². The lowest BCUT2D eigenvalue weighted by molar-refractivity contribution is 0.0442. The Labute approximate surface area is 62.5 Å². The first kappa shape index (κ1) is 8.02. The standard InChI is InChI=1S/C8H16O2/c1-3-4-5-9-7(2)8-6-10-8/h7-8H,3-6H2,1-2H3/t7-,8+/m0/s1. The second kappa shape index (κ2) is 3.94. The van der Waals surface area contributed by atoms with Crippen LogP contribution >= 0.6 is 0 Å². The average molecular weight is 144 g/mol. The summed E-state index contributed by atoms with van der Waals surface area (Å²) in [6.45, 7) is 6.03. The van der Waals surface area contributed by atoms with Crippen LogP contribution in [0.4, 0.5) is 0 Å². The normalized spacial score (nSPS) is 26.4. The quantitative estimate of drug-likeness (QED) is 0.431. The van der Waals surface area contributed by atoms with E-state index in [9.17, 15) is 0 Å². The average Bonchev–Trinajstić information content (AvgIpc) is 2.69. The molecule has 2 heteroatoms. The van der Waals surface area contributed by atoms with E-state index in [2.05, 4.69) is 13.8 Å². The molecule has 1 aliphatic rings. The highest BCUT2D eigenvalue weighted by atomic mass is 16.6. The van der Waals surface area contributed by atoms with Gasteiger partial charge >= 0.3 is 0 Å². The molecule has 1 saturated heterocycles. The van der Waals surface area contributed by atoms with Gasteiger partial charge in [-0.15, -0.1) is 0 Å². The number of hydrogen-bond donors (Lipinski definition) is 0. The number of hydrogen-bond acceptors (Lipinski definition) is 2. The van der Waals surface area contributed by atoms with Crippen molar-refractivity contribution in [3.63, 3.8) is 0 Å². The van der Waals surface area contributed by atoms with Crippen LogP contribution in [-0.4, -0.2) is 25.4 Å². The first-order valence-corrected chi connectivity index (χ1v) is 4.07. The summed E-state index contributed by atoms with van der Waals surface area (Å²) in [4.78, 5) is 0. The summed E-state index contributed by atoms with van der Waals surface area (Å²) < 4.78 is 10.6. The molecule has 0 bridgehead atoms. The van der Waals surface area contributed by atoms with Crippen molar-refractivity contribution >= 4 is 0 Å². The van der Waals surface area contributed by atoms with Gasteiger partial charge in [0.15, 0.2) is 0 Å². The Morgan fingerprint density at radius 1 is 1.70 bits per heavy atom. The molecule has 0 aliphatic carbocycles. The third-order valence-electron chi connectivity index (χ3n) is 1.76. The summed E-state index contributed by atoms with van der Waals surface area (Å²) in [5.41, 5.74) is 0. The Bertz CT molecular complexity index is 89.3. The van der Waals surface area contributed by atoms with Gasteiger partial charge in [0.2, 0.25) is 0 Å². The Hall–Kier alpha value is -0.0800. The molecule has 0 aromatic heterocycles. The van der Waals surface area contributed by atoms with Gasteiger partial charge in [0.25, 0.3) is 0 Å². The molecule has 1 fully saturated rings. The molecule has 0 amide bonds. The number of epoxide rings is 1. The molecule has 0 aromatic rings. The van der Waals surface area contributed by atoms with E-state index in [1.165, 1.54) is 6.42 Å². The maximum absolute atomic E-state index is 5.48. The molecule has 0 unspecified atom stereocenters. The fraction of sp³-hybridized carbons (Fsp3) is 1.00. The largest absolute Gasteiger partial charge is 0.376 e. The van der Waals surface area contributed by atoms with E-state index in [0.29, 0.717) is 12.2 Å². The summed E-state index contributed by atoms with van der Waals surface area (Å²) >= 11 is 0. The summed E-state index contributed by atoms with van der Waals surface area (Å²) in [5.74, 6) is 0. The third kappa shape index (κ3) is 2.67. The van der Waals surface area contributed by atoms with E-state index in [-0.39, 0.29) is 0 Å². The molecule has 2 nitrogen and oxygen atoms in total. The minimum absolute atomic E-state index is 0.312. The van der Waals surface area contributed by atoms with Gasteiger partial charge in [0.05, 0.1) is 12.7 Å². The van der Waals surface area contributed by atoms with Crippen molar-refractivity contribution in [3.8, 4) is 0 Å². The number of unbranched alkanes of at least 4 members (excludes halogenated alkanes) is 1. The van der Waals surface area contributed by atoms with Crippen molar-refractivity contribution in [3.05, 3.63) is 0 Å². The molecule has 0 N–H and O–H groups in total. The lowest BCUT2D eigenvalue weighted by atomic mass is 10.3. The maximum Gasteiger partial charge on any atom is 0.107 e. The van der Waals surface area contributed by atoms with Crippen LogP contribution < -0.4 is 0 Å². The summed E-state index contributed by atoms with van der Waals surface area (Å²) in [6.07, 6.45) is 3.08. The summed E-state index contributed by atoms with van der Waals surface area (Å²) in [6, 6.07) is 0. The van der Waals surface area contributed by atoms with Gasteiger partial charge in [-0.1, -0.05) is 13.3 Å². The van der Waals surface area contributed by atoms with Crippen LogP contribution in [0.2, 0.25) is 0 Å². The van der Waals surface area contributed by atoms with Crippen LogP contribution in [0.5, 0.6) is 0 Å². The molecule has 1 rings (SSSR count). The highest BCUT2D eigenvalue weighted by Gasteiger charge is 2.29. The molecule has 0 saturated carbocycles. The van der Waals surface area contributed by atoms with Crippen molar-refractivity contribution < 1.29 is 9.47 Å². The van der Waals surface area contributed by atoms with Crippen molar-refractivity contribution in [2.45, 2.75) is 38.9 Å². The molecule has 10 heavy (non-hydrogen) atoms. The van der Waals surface area contributed by atoms with Crippen molar-refractivity contribution in [2.75, 3.05) is 13.2 Å². The number of ether oxygens (including phenoxy) is 2. The SMILES string of the molecule is CCCCO[C@@H](C)[C@H]1CO1. The molecular formula is C8H16O2. The summed E-state index contributed by atoms with van der Waals surface area (Å²) in [7, 11) is 0. The fourth-order valence-corrected chi connectivity index (χ4v) is 0.847. The molecule has 0 radical (unpaired) electrons. The molecule has 1 aliphatic heterocycles. The highest BCUT2D eigenvalue weighted by molar-refractivity contribution is 4.75. The Balaban J connectivity index is 1.90. The van der Waals surface area contributed by atoms with Crippen LogP contribution in [0.15, 0.2) is 0 Å². The molecular weight excluding hydrogens is 128 g/mol. The second-order valence-electron chi connectivity index (χ2n) is 2.80. The van der Waals surface area contributed by atoms with Crippen LogP contribution in [0.1, 0.15) is 26.7 Å². The molecule has 60 valence electrons. The van der Waals surface area contributed by atoms with Gasteiger partial charge in [0, 0.05) is 6.61 Å². The maximum atomic E-state index is 5.48. The fourth-order valence-electron chi connectivity index (χ4n) is 0.847.